The Morgan fingerprint density at radius 3 is 2.90 bits per heavy atom. The minimum atomic E-state index is -0.898. The van der Waals surface area contributed by atoms with E-state index in [4.69, 9.17) is 4.74 Å². The number of methoxy groups -OCH3 is 1. The zero-order valence-corrected chi connectivity index (χ0v) is 21.6. The van der Waals surface area contributed by atoms with E-state index in [1.165, 1.54) is 18.1 Å². The van der Waals surface area contributed by atoms with Gasteiger partial charge in [-0.3, -0.25) is 9.78 Å². The number of likely N-dealkylation sites (tertiary alicyclic amines) is 1. The zero-order valence-electron chi connectivity index (χ0n) is 21.6. The maximum atomic E-state index is 14.4. The molecule has 4 heterocycles. The van der Waals surface area contributed by atoms with Gasteiger partial charge in [-0.25, -0.2) is 9.18 Å². The van der Waals surface area contributed by atoms with E-state index in [0.29, 0.717) is 55.2 Å². The van der Waals surface area contributed by atoms with Crippen LogP contribution >= 0.6 is 0 Å². The van der Waals surface area contributed by atoms with Crippen LogP contribution in [0.2, 0.25) is 0 Å². The van der Waals surface area contributed by atoms with Gasteiger partial charge in [-0.2, -0.15) is 0 Å². The van der Waals surface area contributed by atoms with Gasteiger partial charge < -0.3 is 35.7 Å². The molecule has 1 unspecified atom stereocenters. The molecule has 1 aromatic carbocycles. The van der Waals surface area contributed by atoms with Crippen molar-refractivity contribution in [1.29, 1.82) is 0 Å². The van der Waals surface area contributed by atoms with Crippen molar-refractivity contribution in [2.75, 3.05) is 43.9 Å². The number of fused-ring (bicyclic) bond motifs is 1. The van der Waals surface area contributed by atoms with Gasteiger partial charge in [-0.15, -0.1) is 12.8 Å². The lowest BCUT2D eigenvalue weighted by Crippen LogP contribution is -2.41. The summed E-state index contributed by atoms with van der Waals surface area (Å²) in [4.78, 5) is 33.5. The van der Waals surface area contributed by atoms with Gasteiger partial charge in [0.1, 0.15) is 0 Å². The van der Waals surface area contributed by atoms with Crippen molar-refractivity contribution in [3.8, 4) is 29.9 Å². The molecule has 2 aliphatic heterocycles. The number of piperidine rings is 1. The fraction of sp³-hybridized carbons (Fsp3) is 0.321. The van der Waals surface area contributed by atoms with E-state index in [1.807, 2.05) is 6.07 Å². The highest BCUT2D eigenvalue weighted by molar-refractivity contribution is 6.07. The lowest BCUT2D eigenvalue weighted by Gasteiger charge is -2.31. The molecule has 204 valence electrons. The Hall–Kier alpha value is -4.72. The SMILES string of the molecule is C#C.COc1c(F)cccc1Nc1c(-c2ccncc2NCC2CCCN(C(=O)O)C2)[nH]c2c1C(=O)NCC2. The number of rotatable bonds is 7. The van der Waals surface area contributed by atoms with Crippen molar-refractivity contribution in [2.24, 2.45) is 5.92 Å². The number of halogens is 1. The number of amides is 2. The number of carbonyl (C=O) groups is 2. The Morgan fingerprint density at radius 1 is 1.31 bits per heavy atom. The van der Waals surface area contributed by atoms with Crippen molar-refractivity contribution >= 4 is 29.1 Å². The molecule has 0 spiro atoms. The van der Waals surface area contributed by atoms with Crippen LogP contribution in [0.4, 0.5) is 26.2 Å². The second-order valence-corrected chi connectivity index (χ2v) is 9.22. The second kappa shape index (κ2) is 12.2. The van der Waals surface area contributed by atoms with Gasteiger partial charge in [0, 0.05) is 50.1 Å². The number of anilines is 3. The predicted octanol–water partition coefficient (Wildman–Crippen LogP) is 4.31. The number of ether oxygens (including phenoxy) is 1. The Morgan fingerprint density at radius 2 is 2.13 bits per heavy atom. The number of para-hydroxylation sites is 1. The quantitative estimate of drug-likeness (QED) is 0.286. The molecule has 3 aromatic rings. The average molecular weight is 535 g/mol. The highest BCUT2D eigenvalue weighted by Crippen LogP contribution is 2.41. The number of benzene rings is 1. The normalized spacial score (nSPS) is 16.3. The van der Waals surface area contributed by atoms with Crippen LogP contribution in [0.15, 0.2) is 36.7 Å². The van der Waals surface area contributed by atoms with E-state index >= 15 is 0 Å². The number of hydrogen-bond donors (Lipinski definition) is 5. The molecule has 1 atom stereocenters. The number of carbonyl (C=O) groups excluding carboxylic acids is 1. The second-order valence-electron chi connectivity index (χ2n) is 9.22. The molecule has 39 heavy (non-hydrogen) atoms. The van der Waals surface area contributed by atoms with Crippen molar-refractivity contribution in [1.82, 2.24) is 20.2 Å². The molecule has 0 bridgehead atoms. The van der Waals surface area contributed by atoms with E-state index in [0.717, 1.165) is 29.8 Å². The van der Waals surface area contributed by atoms with Gasteiger partial charge in [0.15, 0.2) is 11.6 Å². The van der Waals surface area contributed by atoms with E-state index in [2.05, 4.69) is 38.8 Å². The first kappa shape index (κ1) is 27.3. The fourth-order valence-corrected chi connectivity index (χ4v) is 5.07. The monoisotopic (exact) mass is 534 g/mol. The van der Waals surface area contributed by atoms with Crippen LogP contribution in [0.5, 0.6) is 5.75 Å². The van der Waals surface area contributed by atoms with Gasteiger partial charge in [0.25, 0.3) is 5.91 Å². The van der Waals surface area contributed by atoms with Crippen LogP contribution < -0.4 is 20.7 Å². The Kier molecular flexibility index (Phi) is 8.56. The number of nitrogens with zero attached hydrogens (tertiary/aromatic N) is 2. The third-order valence-corrected chi connectivity index (χ3v) is 6.86. The van der Waals surface area contributed by atoms with Crippen LogP contribution in [-0.2, 0) is 6.42 Å². The van der Waals surface area contributed by atoms with Crippen LogP contribution in [0.1, 0.15) is 28.9 Å². The van der Waals surface area contributed by atoms with Gasteiger partial charge in [-0.05, 0) is 37.0 Å². The van der Waals surface area contributed by atoms with E-state index in [1.54, 1.807) is 24.5 Å². The molecule has 2 aromatic heterocycles. The first-order chi connectivity index (χ1) is 19.0. The molecule has 11 heteroatoms. The smallest absolute Gasteiger partial charge is 0.407 e. The number of hydrogen-bond acceptors (Lipinski definition) is 6. The summed E-state index contributed by atoms with van der Waals surface area (Å²) in [7, 11) is 1.39. The van der Waals surface area contributed by atoms with Gasteiger partial charge in [0.05, 0.1) is 41.6 Å². The van der Waals surface area contributed by atoms with E-state index < -0.39 is 11.9 Å². The van der Waals surface area contributed by atoms with Gasteiger partial charge >= 0.3 is 6.09 Å². The number of pyridine rings is 1. The Labute approximate surface area is 226 Å². The lowest BCUT2D eigenvalue weighted by atomic mass is 9.98. The molecule has 5 rings (SSSR count). The minimum Gasteiger partial charge on any atom is -0.492 e. The average Bonchev–Trinajstić information content (AvgIpc) is 3.32. The summed E-state index contributed by atoms with van der Waals surface area (Å²) in [6.07, 6.45) is 12.8. The molecule has 10 nitrogen and oxygen atoms in total. The Balaban J connectivity index is 0.00000172. The van der Waals surface area contributed by atoms with Gasteiger partial charge in [0.2, 0.25) is 0 Å². The first-order valence-corrected chi connectivity index (χ1v) is 12.6. The van der Waals surface area contributed by atoms with Crippen LogP contribution in [0.3, 0.4) is 0 Å². The maximum Gasteiger partial charge on any atom is 0.407 e. The highest BCUT2D eigenvalue weighted by Gasteiger charge is 2.29. The molecule has 0 radical (unpaired) electrons. The van der Waals surface area contributed by atoms with E-state index in [-0.39, 0.29) is 17.6 Å². The summed E-state index contributed by atoms with van der Waals surface area (Å²) < 4.78 is 19.7. The summed E-state index contributed by atoms with van der Waals surface area (Å²) in [5.41, 5.74) is 4.34. The first-order valence-electron chi connectivity index (χ1n) is 12.6. The molecule has 5 N–H and O–H groups in total. The van der Waals surface area contributed by atoms with Crippen LogP contribution in [-0.4, -0.2) is 65.3 Å². The number of aromatic nitrogens is 2. The minimum absolute atomic E-state index is 0.0491. The van der Waals surface area contributed by atoms with Gasteiger partial charge in [-0.1, -0.05) is 6.07 Å². The molecule has 0 saturated carbocycles. The van der Waals surface area contributed by atoms with Crippen molar-refractivity contribution < 1.29 is 23.8 Å². The third-order valence-electron chi connectivity index (χ3n) is 6.86. The zero-order chi connectivity index (χ0) is 27.9. The molecular formula is C28H31FN6O4. The number of nitrogens with one attached hydrogen (secondary N) is 4. The molecule has 0 aliphatic carbocycles. The largest absolute Gasteiger partial charge is 0.492 e. The summed E-state index contributed by atoms with van der Waals surface area (Å²) in [5.74, 6) is -0.527. The molecule has 2 aliphatic rings. The summed E-state index contributed by atoms with van der Waals surface area (Å²) in [6, 6.07) is 6.42. The van der Waals surface area contributed by atoms with E-state index in [9.17, 15) is 19.1 Å². The molecular weight excluding hydrogens is 503 g/mol. The number of H-pyrrole nitrogens is 1. The number of carboxylic acid groups (broad SMARTS) is 1. The van der Waals surface area contributed by atoms with Crippen molar-refractivity contribution in [3.63, 3.8) is 0 Å². The summed E-state index contributed by atoms with van der Waals surface area (Å²) in [5, 5.41) is 18.9. The number of terminal acetylenes is 1. The summed E-state index contributed by atoms with van der Waals surface area (Å²) >= 11 is 0. The Bertz CT molecular complexity index is 1370. The van der Waals surface area contributed by atoms with Crippen LogP contribution in [0, 0.1) is 24.6 Å². The van der Waals surface area contributed by atoms with Crippen molar-refractivity contribution in [3.05, 3.63) is 53.7 Å². The van der Waals surface area contributed by atoms with Crippen LogP contribution in [0.25, 0.3) is 11.3 Å². The molecule has 1 saturated heterocycles. The molecule has 1 fully saturated rings. The third kappa shape index (κ3) is 5.75. The number of aromatic amines is 1. The standard InChI is InChI=1S/C26H29FN6O4.C2H2/c1-37-24-17(27)5-2-6-19(24)32-23-21-18(8-10-29-25(21)34)31-22(23)16-7-9-28-13-20(16)30-12-15-4-3-11-33(14-15)26(35)36;1-2/h2,5-7,9,13,15,30-32H,3-4,8,10-12,14H2,1H3,(H,29,34)(H,35,36);1-2H. The highest BCUT2D eigenvalue weighted by atomic mass is 19.1. The topological polar surface area (TPSA) is 132 Å². The predicted molar refractivity (Wildman–Crippen MR) is 147 cm³/mol. The molecule has 2 amide bonds. The summed E-state index contributed by atoms with van der Waals surface area (Å²) in [6.45, 7) is 2.11. The maximum absolute atomic E-state index is 14.4. The fourth-order valence-electron chi connectivity index (χ4n) is 5.07. The van der Waals surface area contributed by atoms with Crippen molar-refractivity contribution in [2.45, 2.75) is 19.3 Å². The lowest BCUT2D eigenvalue weighted by molar-refractivity contribution is 0.0946.